The molecule has 116 valence electrons. The molecule has 0 saturated carbocycles. The quantitative estimate of drug-likeness (QED) is 0.814. The van der Waals surface area contributed by atoms with Crippen LogP contribution in [0.1, 0.15) is 5.76 Å². The summed E-state index contributed by atoms with van der Waals surface area (Å²) in [6, 6.07) is 9.26. The summed E-state index contributed by atoms with van der Waals surface area (Å²) in [4.78, 5) is 21.6. The van der Waals surface area contributed by atoms with Gasteiger partial charge in [-0.3, -0.25) is 4.79 Å². The summed E-state index contributed by atoms with van der Waals surface area (Å²) in [5, 5.41) is 10.9. The number of carbonyl (C=O) groups is 2. The van der Waals surface area contributed by atoms with E-state index in [1.807, 2.05) is 0 Å². The monoisotopic (exact) mass is 307 g/mol. The molecule has 1 aromatic heterocycles. The lowest BCUT2D eigenvalue weighted by Crippen LogP contribution is -2.27. The molecular weight excluding hydrogens is 293 g/mol. The topological polar surface area (TPSA) is 88.8 Å². The zero-order valence-corrected chi connectivity index (χ0v) is 11.5. The van der Waals surface area contributed by atoms with E-state index >= 15 is 0 Å². The third-order valence-electron chi connectivity index (χ3n) is 2.71. The molecular formula is C15H14FNO5. The van der Waals surface area contributed by atoms with Gasteiger partial charge in [-0.05, 0) is 36.4 Å². The van der Waals surface area contributed by atoms with Gasteiger partial charge in [0.1, 0.15) is 30.6 Å². The van der Waals surface area contributed by atoms with Crippen molar-refractivity contribution in [3.05, 3.63) is 48.0 Å². The van der Waals surface area contributed by atoms with Gasteiger partial charge in [-0.2, -0.15) is 0 Å². The molecule has 2 N–H and O–H groups in total. The van der Waals surface area contributed by atoms with E-state index < -0.39 is 18.5 Å². The maximum absolute atomic E-state index is 12.8. The number of rotatable bonds is 7. The van der Waals surface area contributed by atoms with Crippen LogP contribution in [0.25, 0.3) is 11.3 Å². The largest absolute Gasteiger partial charge is 0.480 e. The average Bonchev–Trinajstić information content (AvgIpc) is 2.94. The summed E-state index contributed by atoms with van der Waals surface area (Å²) >= 11 is 0. The fraction of sp³-hybridized carbons (Fsp3) is 0.200. The first-order valence-electron chi connectivity index (χ1n) is 6.45. The molecule has 22 heavy (non-hydrogen) atoms. The van der Waals surface area contributed by atoms with Gasteiger partial charge in [-0.1, -0.05) is 0 Å². The Bertz CT molecular complexity index is 650. The number of benzene rings is 1. The molecule has 0 radical (unpaired) electrons. The van der Waals surface area contributed by atoms with Gasteiger partial charge in [-0.15, -0.1) is 0 Å². The third-order valence-corrected chi connectivity index (χ3v) is 2.71. The zero-order valence-electron chi connectivity index (χ0n) is 11.5. The molecule has 0 aliphatic heterocycles. The molecule has 0 saturated heterocycles. The van der Waals surface area contributed by atoms with E-state index in [0.717, 1.165) is 5.56 Å². The number of carboxylic acid groups (broad SMARTS) is 1. The zero-order chi connectivity index (χ0) is 15.9. The van der Waals surface area contributed by atoms with E-state index in [1.165, 1.54) is 12.1 Å². The minimum absolute atomic E-state index is 0.149. The van der Waals surface area contributed by atoms with E-state index in [4.69, 9.17) is 9.52 Å². The summed E-state index contributed by atoms with van der Waals surface area (Å²) in [6.45, 7) is -0.711. The smallest absolute Gasteiger partial charge is 0.329 e. The van der Waals surface area contributed by atoms with E-state index in [9.17, 15) is 14.0 Å². The summed E-state index contributed by atoms with van der Waals surface area (Å²) in [7, 11) is 0. The van der Waals surface area contributed by atoms with Crippen LogP contribution >= 0.6 is 0 Å². The highest BCUT2D eigenvalue weighted by atomic mass is 19.1. The number of amides is 1. The highest BCUT2D eigenvalue weighted by Crippen LogP contribution is 2.22. The van der Waals surface area contributed by atoms with E-state index in [1.54, 1.807) is 24.3 Å². The van der Waals surface area contributed by atoms with Crippen molar-refractivity contribution in [2.45, 2.75) is 6.54 Å². The third kappa shape index (κ3) is 4.71. The molecule has 2 rings (SSSR count). The summed E-state index contributed by atoms with van der Waals surface area (Å²) in [6.07, 6.45) is 0. The molecule has 0 unspecified atom stereocenters. The van der Waals surface area contributed by atoms with Crippen molar-refractivity contribution in [2.75, 3.05) is 13.2 Å². The summed E-state index contributed by atoms with van der Waals surface area (Å²) < 4.78 is 23.0. The van der Waals surface area contributed by atoms with Crippen molar-refractivity contribution in [2.24, 2.45) is 0 Å². The van der Waals surface area contributed by atoms with Crippen LogP contribution in [0.15, 0.2) is 40.8 Å². The molecule has 0 atom stereocenters. The Kier molecular flexibility index (Phi) is 5.26. The van der Waals surface area contributed by atoms with Gasteiger partial charge in [0.15, 0.2) is 0 Å². The van der Waals surface area contributed by atoms with E-state index in [0.29, 0.717) is 11.5 Å². The van der Waals surface area contributed by atoms with Gasteiger partial charge < -0.3 is 19.6 Å². The van der Waals surface area contributed by atoms with Gasteiger partial charge in [0, 0.05) is 5.56 Å². The minimum Gasteiger partial charge on any atom is -0.480 e. The normalized spacial score (nSPS) is 10.4. The number of carbonyl (C=O) groups excluding carboxylic acids is 1. The van der Waals surface area contributed by atoms with Crippen molar-refractivity contribution >= 4 is 11.9 Å². The average molecular weight is 307 g/mol. The standard InChI is InChI=1S/C15H14FNO5/c16-11-3-1-10(2-4-11)13-6-5-12(22-13)7-17-14(18)8-21-9-15(19)20/h1-6H,7-9H2,(H,17,18)(H,19,20). The number of ether oxygens (including phenoxy) is 1. The number of nitrogens with one attached hydrogen (secondary N) is 1. The van der Waals surface area contributed by atoms with Crippen molar-refractivity contribution < 1.29 is 28.2 Å². The summed E-state index contributed by atoms with van der Waals surface area (Å²) in [5.41, 5.74) is 0.726. The molecule has 0 aliphatic carbocycles. The number of hydrogen-bond acceptors (Lipinski definition) is 4. The number of hydrogen-bond donors (Lipinski definition) is 2. The second-order valence-electron chi connectivity index (χ2n) is 4.44. The molecule has 1 amide bonds. The first-order chi connectivity index (χ1) is 10.5. The Balaban J connectivity index is 1.83. The predicted molar refractivity (Wildman–Crippen MR) is 74.4 cm³/mol. The second kappa shape index (κ2) is 7.37. The fourth-order valence-corrected chi connectivity index (χ4v) is 1.71. The predicted octanol–water partition coefficient (Wildman–Crippen LogP) is 1.80. The van der Waals surface area contributed by atoms with Crippen LogP contribution in [-0.2, 0) is 20.9 Å². The highest BCUT2D eigenvalue weighted by molar-refractivity contribution is 5.77. The fourth-order valence-electron chi connectivity index (χ4n) is 1.71. The van der Waals surface area contributed by atoms with Crippen LogP contribution in [-0.4, -0.2) is 30.2 Å². The van der Waals surface area contributed by atoms with Crippen LogP contribution in [0.2, 0.25) is 0 Å². The highest BCUT2D eigenvalue weighted by Gasteiger charge is 2.07. The van der Waals surface area contributed by atoms with Crippen LogP contribution in [0.3, 0.4) is 0 Å². The van der Waals surface area contributed by atoms with Gasteiger partial charge in [0.25, 0.3) is 0 Å². The Labute approximate surface area is 125 Å². The summed E-state index contributed by atoms with van der Waals surface area (Å²) in [5.74, 6) is -0.829. The Hall–Kier alpha value is -2.67. The maximum atomic E-state index is 12.8. The van der Waals surface area contributed by atoms with E-state index in [2.05, 4.69) is 10.1 Å². The van der Waals surface area contributed by atoms with Gasteiger partial charge in [0.05, 0.1) is 6.54 Å². The van der Waals surface area contributed by atoms with Crippen LogP contribution in [0.5, 0.6) is 0 Å². The molecule has 2 aromatic rings. The molecule has 0 bridgehead atoms. The first kappa shape index (κ1) is 15.7. The van der Waals surface area contributed by atoms with Crippen molar-refractivity contribution in [1.29, 1.82) is 0 Å². The van der Waals surface area contributed by atoms with Crippen molar-refractivity contribution in [1.82, 2.24) is 5.32 Å². The minimum atomic E-state index is -1.14. The lowest BCUT2D eigenvalue weighted by atomic mass is 10.2. The van der Waals surface area contributed by atoms with Crippen LogP contribution in [0.4, 0.5) is 4.39 Å². The molecule has 0 fully saturated rings. The molecule has 1 aromatic carbocycles. The lowest BCUT2D eigenvalue weighted by molar-refractivity contribution is -0.143. The van der Waals surface area contributed by atoms with Crippen LogP contribution < -0.4 is 5.32 Å². The van der Waals surface area contributed by atoms with Gasteiger partial charge in [-0.25, -0.2) is 9.18 Å². The van der Waals surface area contributed by atoms with E-state index in [-0.39, 0.29) is 19.0 Å². The Morgan fingerprint density at radius 3 is 2.55 bits per heavy atom. The van der Waals surface area contributed by atoms with Crippen molar-refractivity contribution in [3.63, 3.8) is 0 Å². The van der Waals surface area contributed by atoms with Gasteiger partial charge >= 0.3 is 5.97 Å². The SMILES string of the molecule is O=C(O)COCC(=O)NCc1ccc(-c2ccc(F)cc2)o1. The molecule has 6 nitrogen and oxygen atoms in total. The first-order valence-corrected chi connectivity index (χ1v) is 6.45. The van der Waals surface area contributed by atoms with Crippen LogP contribution in [0, 0.1) is 5.82 Å². The second-order valence-corrected chi connectivity index (χ2v) is 4.44. The maximum Gasteiger partial charge on any atom is 0.329 e. The molecule has 0 spiro atoms. The number of furan rings is 1. The number of aliphatic carboxylic acids is 1. The Morgan fingerprint density at radius 2 is 1.86 bits per heavy atom. The van der Waals surface area contributed by atoms with Crippen molar-refractivity contribution in [3.8, 4) is 11.3 Å². The lowest BCUT2D eigenvalue weighted by Gasteiger charge is -2.03. The molecule has 7 heteroatoms. The van der Waals surface area contributed by atoms with Gasteiger partial charge in [0.2, 0.25) is 5.91 Å². The molecule has 0 aliphatic rings. The molecule has 1 heterocycles. The number of carboxylic acids is 1. The number of halogens is 1. The Morgan fingerprint density at radius 1 is 1.14 bits per heavy atom.